The third-order valence-corrected chi connectivity index (χ3v) is 5.21. The van der Waals surface area contributed by atoms with Gasteiger partial charge in [0.2, 0.25) is 5.91 Å². The Morgan fingerprint density at radius 1 is 1.35 bits per heavy atom. The minimum Gasteiger partial charge on any atom is -0.485 e. The summed E-state index contributed by atoms with van der Waals surface area (Å²) in [5.74, 6) is 0.754. The highest BCUT2D eigenvalue weighted by molar-refractivity contribution is 7.09. The minimum absolute atomic E-state index is 0.0295. The fourth-order valence-corrected chi connectivity index (χ4v) is 3.61. The number of hydrogen-bond donors (Lipinski definition) is 1. The predicted octanol–water partition coefficient (Wildman–Crippen LogP) is 3.97. The standard InChI is InChI=1S/C20H25N3O2S/c1-15-7-8-18(12-22-15)25-13-20-23-17(14-26-20)11-19(24)21-10-9-16-5-3-2-4-6-16/h5,7-8,12,14H,2-4,6,9-11,13H2,1H3,(H,21,24). The zero-order valence-electron chi connectivity index (χ0n) is 15.2. The summed E-state index contributed by atoms with van der Waals surface area (Å²) in [6, 6.07) is 3.81. The molecule has 0 spiro atoms. The summed E-state index contributed by atoms with van der Waals surface area (Å²) in [5, 5.41) is 5.78. The second-order valence-corrected chi connectivity index (χ2v) is 7.48. The van der Waals surface area contributed by atoms with E-state index < -0.39 is 0 Å². The van der Waals surface area contributed by atoms with Crippen LogP contribution in [-0.2, 0) is 17.8 Å². The van der Waals surface area contributed by atoms with Gasteiger partial charge in [0.05, 0.1) is 18.3 Å². The van der Waals surface area contributed by atoms with Crippen LogP contribution in [0, 0.1) is 6.92 Å². The fraction of sp³-hybridized carbons (Fsp3) is 0.450. The van der Waals surface area contributed by atoms with E-state index in [2.05, 4.69) is 21.4 Å². The van der Waals surface area contributed by atoms with Crippen LogP contribution in [0.1, 0.15) is 48.5 Å². The molecule has 0 radical (unpaired) electrons. The number of nitrogens with zero attached hydrogens (tertiary/aromatic N) is 2. The molecule has 3 rings (SSSR count). The smallest absolute Gasteiger partial charge is 0.226 e. The first-order valence-corrected chi connectivity index (χ1v) is 10.0. The Bertz CT molecular complexity index is 753. The molecule has 0 atom stereocenters. The van der Waals surface area contributed by atoms with Gasteiger partial charge in [0.15, 0.2) is 0 Å². The summed E-state index contributed by atoms with van der Waals surface area (Å²) in [7, 11) is 0. The number of thiazole rings is 1. The van der Waals surface area contributed by atoms with Crippen molar-refractivity contribution >= 4 is 17.2 Å². The molecule has 1 aliphatic carbocycles. The third kappa shape index (κ3) is 5.95. The van der Waals surface area contributed by atoms with Gasteiger partial charge in [0.1, 0.15) is 17.4 Å². The Morgan fingerprint density at radius 2 is 2.27 bits per heavy atom. The minimum atomic E-state index is 0.0295. The number of amides is 1. The van der Waals surface area contributed by atoms with E-state index >= 15 is 0 Å². The summed E-state index contributed by atoms with van der Waals surface area (Å²) in [4.78, 5) is 20.8. The van der Waals surface area contributed by atoms with Crippen LogP contribution in [-0.4, -0.2) is 22.4 Å². The van der Waals surface area contributed by atoms with E-state index in [1.54, 1.807) is 6.20 Å². The lowest BCUT2D eigenvalue weighted by molar-refractivity contribution is -0.120. The summed E-state index contributed by atoms with van der Waals surface area (Å²) in [6.07, 6.45) is 10.3. The molecule has 0 saturated carbocycles. The highest BCUT2D eigenvalue weighted by Crippen LogP contribution is 2.19. The summed E-state index contributed by atoms with van der Waals surface area (Å²) < 4.78 is 5.68. The Balaban J connectivity index is 1.39. The Labute approximate surface area is 158 Å². The van der Waals surface area contributed by atoms with Crippen molar-refractivity contribution in [1.29, 1.82) is 0 Å². The van der Waals surface area contributed by atoms with Crippen molar-refractivity contribution in [3.05, 3.63) is 51.8 Å². The van der Waals surface area contributed by atoms with Gasteiger partial charge in [-0.05, 0) is 51.2 Å². The predicted molar refractivity (Wildman–Crippen MR) is 103 cm³/mol. The third-order valence-electron chi connectivity index (χ3n) is 4.34. The Kier molecular flexibility index (Phi) is 6.77. The number of hydrogen-bond acceptors (Lipinski definition) is 5. The van der Waals surface area contributed by atoms with Gasteiger partial charge in [-0.1, -0.05) is 11.6 Å². The van der Waals surface area contributed by atoms with Gasteiger partial charge in [-0.25, -0.2) is 4.98 Å². The second kappa shape index (κ2) is 9.48. The highest BCUT2D eigenvalue weighted by Gasteiger charge is 2.09. The van der Waals surface area contributed by atoms with Crippen LogP contribution in [0.5, 0.6) is 5.75 Å². The van der Waals surface area contributed by atoms with Crippen LogP contribution in [0.25, 0.3) is 0 Å². The van der Waals surface area contributed by atoms with Gasteiger partial charge in [-0.2, -0.15) is 0 Å². The summed E-state index contributed by atoms with van der Waals surface area (Å²) in [6.45, 7) is 3.05. The molecule has 0 saturated heterocycles. The van der Waals surface area contributed by atoms with Crippen LogP contribution >= 0.6 is 11.3 Å². The fourth-order valence-electron chi connectivity index (χ4n) is 2.90. The molecular weight excluding hydrogens is 346 g/mol. The Hall–Kier alpha value is -2.21. The van der Waals surface area contributed by atoms with E-state index in [4.69, 9.17) is 4.74 Å². The molecule has 138 valence electrons. The van der Waals surface area contributed by atoms with Gasteiger partial charge < -0.3 is 10.1 Å². The molecule has 0 unspecified atom stereocenters. The zero-order valence-corrected chi connectivity index (χ0v) is 16.0. The number of allylic oxidation sites excluding steroid dienone is 1. The topological polar surface area (TPSA) is 64.1 Å². The van der Waals surface area contributed by atoms with Crippen molar-refractivity contribution in [3.63, 3.8) is 0 Å². The average Bonchev–Trinajstić information content (AvgIpc) is 3.09. The lowest BCUT2D eigenvalue weighted by Crippen LogP contribution is -2.26. The molecule has 1 amide bonds. The van der Waals surface area contributed by atoms with Crippen molar-refractivity contribution in [2.45, 2.75) is 52.1 Å². The molecule has 26 heavy (non-hydrogen) atoms. The van der Waals surface area contributed by atoms with Gasteiger partial charge in [-0.3, -0.25) is 9.78 Å². The van der Waals surface area contributed by atoms with E-state index in [0.29, 0.717) is 19.6 Å². The number of aromatic nitrogens is 2. The van der Waals surface area contributed by atoms with E-state index in [-0.39, 0.29) is 5.91 Å². The van der Waals surface area contributed by atoms with E-state index in [1.165, 1.54) is 42.6 Å². The molecule has 2 aromatic heterocycles. The van der Waals surface area contributed by atoms with Crippen LogP contribution in [0.4, 0.5) is 0 Å². The van der Waals surface area contributed by atoms with Gasteiger partial charge in [0, 0.05) is 17.6 Å². The first-order valence-electron chi connectivity index (χ1n) is 9.12. The lowest BCUT2D eigenvalue weighted by atomic mass is 9.97. The number of ether oxygens (including phenoxy) is 1. The quantitative estimate of drug-likeness (QED) is 0.713. The average molecular weight is 372 g/mol. The van der Waals surface area contributed by atoms with Crippen molar-refractivity contribution in [2.24, 2.45) is 0 Å². The number of aryl methyl sites for hydroxylation is 1. The number of rotatable bonds is 8. The molecule has 0 bridgehead atoms. The number of carbonyl (C=O) groups excluding carboxylic acids is 1. The second-order valence-electron chi connectivity index (χ2n) is 6.54. The van der Waals surface area contributed by atoms with Crippen molar-refractivity contribution in [3.8, 4) is 5.75 Å². The molecule has 2 aromatic rings. The maximum Gasteiger partial charge on any atom is 0.226 e. The van der Waals surface area contributed by atoms with Gasteiger partial charge in [-0.15, -0.1) is 11.3 Å². The van der Waals surface area contributed by atoms with Gasteiger partial charge in [0.25, 0.3) is 0 Å². The van der Waals surface area contributed by atoms with E-state index in [1.807, 2.05) is 24.4 Å². The Morgan fingerprint density at radius 3 is 3.04 bits per heavy atom. The summed E-state index contributed by atoms with van der Waals surface area (Å²) >= 11 is 1.51. The molecule has 6 heteroatoms. The maximum absolute atomic E-state index is 12.1. The SMILES string of the molecule is Cc1ccc(OCc2nc(CC(=O)NCCC3=CCCCC3)cs2)cn1. The van der Waals surface area contributed by atoms with Crippen LogP contribution < -0.4 is 10.1 Å². The maximum atomic E-state index is 12.1. The van der Waals surface area contributed by atoms with Crippen molar-refractivity contribution in [1.82, 2.24) is 15.3 Å². The van der Waals surface area contributed by atoms with Crippen molar-refractivity contribution < 1.29 is 9.53 Å². The zero-order chi connectivity index (χ0) is 18.2. The molecule has 0 aromatic carbocycles. The first kappa shape index (κ1) is 18.6. The van der Waals surface area contributed by atoms with E-state index in [9.17, 15) is 4.79 Å². The number of pyridine rings is 1. The van der Waals surface area contributed by atoms with Crippen molar-refractivity contribution in [2.75, 3.05) is 6.54 Å². The largest absolute Gasteiger partial charge is 0.485 e. The monoisotopic (exact) mass is 371 g/mol. The van der Waals surface area contributed by atoms with Gasteiger partial charge >= 0.3 is 0 Å². The molecule has 1 aliphatic rings. The lowest BCUT2D eigenvalue weighted by Gasteiger charge is -2.12. The normalized spacial score (nSPS) is 14.0. The van der Waals surface area contributed by atoms with Crippen LogP contribution in [0.15, 0.2) is 35.4 Å². The molecule has 1 N–H and O–H groups in total. The number of carbonyl (C=O) groups is 1. The molecule has 2 heterocycles. The number of nitrogens with one attached hydrogen (secondary N) is 1. The first-order chi connectivity index (χ1) is 12.7. The summed E-state index contributed by atoms with van der Waals surface area (Å²) in [5.41, 5.74) is 3.24. The van der Waals surface area contributed by atoms with Crippen LogP contribution in [0.2, 0.25) is 0 Å². The molecule has 5 nitrogen and oxygen atoms in total. The van der Waals surface area contributed by atoms with E-state index in [0.717, 1.165) is 28.6 Å². The molecule has 0 aliphatic heterocycles. The highest BCUT2D eigenvalue weighted by atomic mass is 32.1. The molecule has 0 fully saturated rings. The van der Waals surface area contributed by atoms with Crippen LogP contribution in [0.3, 0.4) is 0 Å². The molecular formula is C20H25N3O2S.